The summed E-state index contributed by atoms with van der Waals surface area (Å²) >= 11 is 1.68. The van der Waals surface area contributed by atoms with Crippen molar-refractivity contribution in [3.8, 4) is 0 Å². The Hall–Kier alpha value is -0.900. The smallest absolute Gasteiger partial charge is 0.124 e. The largest absolute Gasteiger partial charge is 0.305 e. The lowest BCUT2D eigenvalue weighted by Gasteiger charge is -2.28. The van der Waals surface area contributed by atoms with Gasteiger partial charge in [0.2, 0.25) is 0 Å². The van der Waals surface area contributed by atoms with Crippen molar-refractivity contribution in [2.45, 2.75) is 25.7 Å². The summed E-state index contributed by atoms with van der Waals surface area (Å²) in [5.74, 6) is 1.48. The van der Waals surface area contributed by atoms with Crippen molar-refractivity contribution in [1.29, 1.82) is 0 Å². The van der Waals surface area contributed by atoms with Crippen LogP contribution >= 0.6 is 23.7 Å². The normalized spacial score (nSPS) is 23.7. The molecule has 4 rings (SSSR count). The lowest BCUT2D eigenvalue weighted by Crippen LogP contribution is -2.21. The maximum atomic E-state index is 13.5. The number of benzene rings is 1. The van der Waals surface area contributed by atoms with Gasteiger partial charge in [-0.2, -0.15) is 0 Å². The molecule has 2 bridgehead atoms. The SMILES string of the molecule is CN(C)CC1=C(c2csc3cc(F)ccc23)C2CCC(C1)C2.Cl. The van der Waals surface area contributed by atoms with Gasteiger partial charge in [0, 0.05) is 16.6 Å². The van der Waals surface area contributed by atoms with Crippen molar-refractivity contribution < 1.29 is 4.39 Å². The third-order valence-corrected chi connectivity index (χ3v) is 6.15. The quantitative estimate of drug-likeness (QED) is 0.696. The van der Waals surface area contributed by atoms with E-state index in [0.717, 1.165) is 23.1 Å². The van der Waals surface area contributed by atoms with Gasteiger partial charge in [-0.05, 0) is 80.3 Å². The lowest BCUT2D eigenvalue weighted by atomic mass is 9.79. The van der Waals surface area contributed by atoms with Crippen LogP contribution < -0.4 is 0 Å². The van der Waals surface area contributed by atoms with Crippen molar-refractivity contribution in [3.05, 3.63) is 40.5 Å². The summed E-state index contributed by atoms with van der Waals surface area (Å²) in [4.78, 5) is 2.29. The molecule has 0 radical (unpaired) electrons. The fourth-order valence-corrected chi connectivity index (χ4v) is 5.41. The first kappa shape index (κ1) is 16.9. The second-order valence-electron chi connectivity index (χ2n) is 7.12. The number of allylic oxidation sites excluding steroid dienone is 1. The second kappa shape index (κ2) is 6.54. The van der Waals surface area contributed by atoms with Crippen molar-refractivity contribution >= 4 is 39.4 Å². The lowest BCUT2D eigenvalue weighted by molar-refractivity contribution is 0.413. The highest BCUT2D eigenvalue weighted by Gasteiger charge is 2.35. The Bertz CT molecular complexity index is 749. The Labute approximate surface area is 147 Å². The van der Waals surface area contributed by atoms with Gasteiger partial charge in [0.25, 0.3) is 0 Å². The molecule has 0 amide bonds. The van der Waals surface area contributed by atoms with Crippen LogP contribution in [0.15, 0.2) is 29.2 Å². The molecule has 2 aliphatic rings. The number of halogens is 2. The van der Waals surface area contributed by atoms with Crippen molar-refractivity contribution in [2.24, 2.45) is 11.8 Å². The van der Waals surface area contributed by atoms with E-state index in [4.69, 9.17) is 0 Å². The van der Waals surface area contributed by atoms with E-state index in [1.165, 1.54) is 36.6 Å². The average Bonchev–Trinajstić information content (AvgIpc) is 3.03. The van der Waals surface area contributed by atoms with Crippen LogP contribution in [0.3, 0.4) is 0 Å². The molecule has 2 unspecified atom stereocenters. The number of rotatable bonds is 3. The minimum atomic E-state index is -0.132. The first-order valence-electron chi connectivity index (χ1n) is 8.15. The number of hydrogen-bond acceptors (Lipinski definition) is 2. The molecule has 23 heavy (non-hydrogen) atoms. The number of thiophene rings is 1. The van der Waals surface area contributed by atoms with Gasteiger partial charge in [-0.15, -0.1) is 23.7 Å². The minimum absolute atomic E-state index is 0. The van der Waals surface area contributed by atoms with Gasteiger partial charge in [0.15, 0.2) is 0 Å². The summed E-state index contributed by atoms with van der Waals surface area (Å²) < 4.78 is 14.6. The Kier molecular flexibility index (Phi) is 4.82. The molecule has 1 heterocycles. The predicted octanol–water partition coefficient (Wildman–Crippen LogP) is 5.60. The molecule has 1 saturated carbocycles. The molecule has 2 atom stereocenters. The van der Waals surface area contributed by atoms with Gasteiger partial charge >= 0.3 is 0 Å². The zero-order chi connectivity index (χ0) is 15.3. The highest BCUT2D eigenvalue weighted by Crippen LogP contribution is 2.51. The summed E-state index contributed by atoms with van der Waals surface area (Å²) in [7, 11) is 4.31. The maximum absolute atomic E-state index is 13.5. The Morgan fingerprint density at radius 2 is 2.09 bits per heavy atom. The predicted molar refractivity (Wildman–Crippen MR) is 100.0 cm³/mol. The van der Waals surface area contributed by atoms with E-state index in [2.05, 4.69) is 24.4 Å². The van der Waals surface area contributed by atoms with E-state index in [-0.39, 0.29) is 18.2 Å². The zero-order valence-corrected chi connectivity index (χ0v) is 15.3. The highest BCUT2D eigenvalue weighted by atomic mass is 35.5. The first-order valence-corrected chi connectivity index (χ1v) is 9.03. The van der Waals surface area contributed by atoms with Gasteiger partial charge in [0.05, 0.1) is 0 Å². The zero-order valence-electron chi connectivity index (χ0n) is 13.6. The molecular formula is C19H23ClFNS. The summed E-state index contributed by atoms with van der Waals surface area (Å²) in [6, 6.07) is 5.25. The van der Waals surface area contributed by atoms with E-state index in [9.17, 15) is 4.39 Å². The Morgan fingerprint density at radius 3 is 2.87 bits per heavy atom. The number of fused-ring (bicyclic) bond motifs is 3. The molecule has 0 spiro atoms. The molecule has 1 aromatic heterocycles. The molecule has 1 aromatic carbocycles. The van der Waals surface area contributed by atoms with E-state index in [1.807, 2.05) is 6.07 Å². The summed E-state index contributed by atoms with van der Waals surface area (Å²) in [6.45, 7) is 1.06. The van der Waals surface area contributed by atoms with Gasteiger partial charge in [-0.25, -0.2) is 4.39 Å². The van der Waals surface area contributed by atoms with Crippen LogP contribution in [-0.2, 0) is 0 Å². The van der Waals surface area contributed by atoms with Crippen molar-refractivity contribution in [1.82, 2.24) is 4.90 Å². The van der Waals surface area contributed by atoms with E-state index < -0.39 is 0 Å². The molecule has 0 saturated heterocycles. The van der Waals surface area contributed by atoms with Gasteiger partial charge in [0.1, 0.15) is 5.82 Å². The van der Waals surface area contributed by atoms with Gasteiger partial charge < -0.3 is 4.90 Å². The molecule has 124 valence electrons. The van der Waals surface area contributed by atoms with Crippen LogP contribution in [0, 0.1) is 17.7 Å². The molecule has 0 N–H and O–H groups in total. The molecule has 4 heteroatoms. The van der Waals surface area contributed by atoms with Crippen LogP contribution in [0.2, 0.25) is 0 Å². The third-order valence-electron chi connectivity index (χ3n) is 5.20. The van der Waals surface area contributed by atoms with Crippen molar-refractivity contribution in [2.75, 3.05) is 20.6 Å². The number of hydrogen-bond donors (Lipinski definition) is 0. The molecular weight excluding hydrogens is 329 g/mol. The maximum Gasteiger partial charge on any atom is 0.124 e. The number of nitrogens with zero attached hydrogens (tertiary/aromatic N) is 1. The van der Waals surface area contributed by atoms with Crippen LogP contribution in [0.1, 0.15) is 31.2 Å². The van der Waals surface area contributed by atoms with E-state index >= 15 is 0 Å². The average molecular weight is 352 g/mol. The van der Waals surface area contributed by atoms with E-state index in [1.54, 1.807) is 34.6 Å². The fraction of sp³-hybridized carbons (Fsp3) is 0.474. The summed E-state index contributed by atoms with van der Waals surface area (Å²) in [5, 5.41) is 3.50. The minimum Gasteiger partial charge on any atom is -0.305 e. The topological polar surface area (TPSA) is 3.24 Å². The molecule has 1 nitrogen and oxygen atoms in total. The molecule has 2 aromatic rings. The van der Waals surface area contributed by atoms with Crippen LogP contribution in [0.5, 0.6) is 0 Å². The third kappa shape index (κ3) is 3.07. The Balaban J connectivity index is 0.00000156. The standard InChI is InChI=1S/C19H22FNS.ClH/c1-21(2)10-14-8-12-3-4-13(7-12)19(14)17-11-22-18-9-15(20)5-6-16(17)18;/h5-6,9,11-13H,3-4,7-8,10H2,1-2H3;1H. The van der Waals surface area contributed by atoms with Crippen LogP contribution in [-0.4, -0.2) is 25.5 Å². The van der Waals surface area contributed by atoms with Crippen LogP contribution in [0.4, 0.5) is 4.39 Å². The number of likely N-dealkylation sites (N-methyl/N-ethyl adjacent to an activating group) is 1. The van der Waals surface area contributed by atoms with Gasteiger partial charge in [-0.3, -0.25) is 0 Å². The fourth-order valence-electron chi connectivity index (χ4n) is 4.42. The Morgan fingerprint density at radius 1 is 1.26 bits per heavy atom. The first-order chi connectivity index (χ1) is 10.6. The van der Waals surface area contributed by atoms with E-state index in [0.29, 0.717) is 0 Å². The van der Waals surface area contributed by atoms with Gasteiger partial charge in [-0.1, -0.05) is 11.6 Å². The molecule has 0 aliphatic heterocycles. The molecule has 1 fully saturated rings. The second-order valence-corrected chi connectivity index (χ2v) is 8.04. The van der Waals surface area contributed by atoms with Crippen LogP contribution in [0.25, 0.3) is 15.7 Å². The monoisotopic (exact) mass is 351 g/mol. The summed E-state index contributed by atoms with van der Waals surface area (Å²) in [6.07, 6.45) is 5.31. The highest BCUT2D eigenvalue weighted by molar-refractivity contribution is 7.17. The van der Waals surface area contributed by atoms with Crippen molar-refractivity contribution in [3.63, 3.8) is 0 Å². The molecule has 2 aliphatic carbocycles. The summed E-state index contributed by atoms with van der Waals surface area (Å²) in [5.41, 5.74) is 4.58.